The van der Waals surface area contributed by atoms with Gasteiger partial charge in [-0.2, -0.15) is 0 Å². The first kappa shape index (κ1) is 10.7. The monoisotopic (exact) mass is 205 g/mol. The molecule has 1 fully saturated rings. The third-order valence-electron chi connectivity index (χ3n) is 2.97. The Balaban J connectivity index is 2.11. The molecule has 1 saturated carbocycles. The molecule has 15 heavy (non-hydrogen) atoms. The summed E-state index contributed by atoms with van der Waals surface area (Å²) in [5.74, 6) is 0.781. The highest BCUT2D eigenvalue weighted by atomic mass is 16.3. The van der Waals surface area contributed by atoms with E-state index in [1.807, 2.05) is 6.92 Å². The van der Waals surface area contributed by atoms with Crippen LogP contribution < -0.4 is 5.73 Å². The second kappa shape index (κ2) is 3.95. The fourth-order valence-corrected chi connectivity index (χ4v) is 1.90. The topological polar surface area (TPSA) is 46.2 Å². The van der Waals surface area contributed by atoms with E-state index in [0.29, 0.717) is 0 Å². The number of aliphatic hydroxyl groups is 1. The third-order valence-corrected chi connectivity index (χ3v) is 2.97. The summed E-state index contributed by atoms with van der Waals surface area (Å²) in [6, 6.07) is 8.61. The molecule has 0 bridgehead atoms. The normalized spacial score (nSPS) is 19.9. The van der Waals surface area contributed by atoms with Crippen molar-refractivity contribution in [2.24, 2.45) is 5.73 Å². The molecule has 1 aliphatic carbocycles. The lowest BCUT2D eigenvalue weighted by molar-refractivity contribution is 0.208. The smallest absolute Gasteiger partial charge is 0.0611 e. The zero-order valence-corrected chi connectivity index (χ0v) is 9.24. The molecule has 0 aromatic heterocycles. The first-order valence-corrected chi connectivity index (χ1v) is 5.59. The van der Waals surface area contributed by atoms with E-state index in [9.17, 15) is 0 Å². The number of aliphatic hydroxyl groups excluding tert-OH is 1. The number of hydrogen-bond donors (Lipinski definition) is 2. The molecule has 3 N–H and O–H groups in total. The van der Waals surface area contributed by atoms with Crippen LogP contribution in [-0.4, -0.2) is 17.3 Å². The van der Waals surface area contributed by atoms with Gasteiger partial charge in [0.15, 0.2) is 0 Å². The van der Waals surface area contributed by atoms with Gasteiger partial charge in [0.05, 0.1) is 6.61 Å². The molecule has 1 aromatic carbocycles. The molecule has 0 aliphatic heterocycles. The Morgan fingerprint density at radius 3 is 2.80 bits per heavy atom. The van der Waals surface area contributed by atoms with Gasteiger partial charge in [0.1, 0.15) is 0 Å². The zero-order valence-electron chi connectivity index (χ0n) is 9.24. The molecule has 0 radical (unpaired) electrons. The Bertz CT molecular complexity index is 342. The van der Waals surface area contributed by atoms with Crippen molar-refractivity contribution in [1.29, 1.82) is 0 Å². The summed E-state index contributed by atoms with van der Waals surface area (Å²) in [5, 5.41) is 9.12. The second-order valence-electron chi connectivity index (χ2n) is 5.01. The standard InChI is InChI=1S/C13H19NO/c1-13(14,9-15)8-10-3-2-4-12(7-10)11-5-6-11/h2-4,7,11,15H,5-6,8-9,14H2,1H3. The van der Waals surface area contributed by atoms with Gasteiger partial charge in [-0.05, 0) is 43.2 Å². The number of benzene rings is 1. The molecule has 2 nitrogen and oxygen atoms in total. The molecule has 2 rings (SSSR count). The van der Waals surface area contributed by atoms with Crippen LogP contribution in [0.15, 0.2) is 24.3 Å². The molecular weight excluding hydrogens is 186 g/mol. The van der Waals surface area contributed by atoms with Crippen molar-refractivity contribution in [3.63, 3.8) is 0 Å². The van der Waals surface area contributed by atoms with Crippen LogP contribution in [0.2, 0.25) is 0 Å². The van der Waals surface area contributed by atoms with Gasteiger partial charge >= 0.3 is 0 Å². The molecule has 2 heteroatoms. The Hall–Kier alpha value is -0.860. The van der Waals surface area contributed by atoms with Crippen LogP contribution >= 0.6 is 0 Å². The molecule has 0 amide bonds. The largest absolute Gasteiger partial charge is 0.394 e. The Kier molecular flexibility index (Phi) is 2.81. The number of rotatable bonds is 4. The molecule has 1 aromatic rings. The minimum Gasteiger partial charge on any atom is -0.394 e. The Morgan fingerprint density at radius 1 is 1.47 bits per heavy atom. The molecule has 1 unspecified atom stereocenters. The fraction of sp³-hybridized carbons (Fsp3) is 0.538. The first-order valence-electron chi connectivity index (χ1n) is 5.59. The van der Waals surface area contributed by atoms with E-state index in [1.165, 1.54) is 24.0 Å². The van der Waals surface area contributed by atoms with Crippen molar-refractivity contribution in [1.82, 2.24) is 0 Å². The van der Waals surface area contributed by atoms with Crippen LogP contribution in [0.25, 0.3) is 0 Å². The molecular formula is C13H19NO. The quantitative estimate of drug-likeness (QED) is 0.787. The molecule has 0 saturated heterocycles. The lowest BCUT2D eigenvalue weighted by atomic mass is 9.93. The molecule has 0 heterocycles. The maximum absolute atomic E-state index is 9.12. The van der Waals surface area contributed by atoms with Crippen LogP contribution in [0.3, 0.4) is 0 Å². The van der Waals surface area contributed by atoms with Gasteiger partial charge in [-0.25, -0.2) is 0 Å². The maximum atomic E-state index is 9.12. The minimum atomic E-state index is -0.498. The highest BCUT2D eigenvalue weighted by molar-refractivity contribution is 5.30. The maximum Gasteiger partial charge on any atom is 0.0611 e. The van der Waals surface area contributed by atoms with E-state index in [1.54, 1.807) is 0 Å². The summed E-state index contributed by atoms with van der Waals surface area (Å²) in [6.45, 7) is 1.91. The number of nitrogens with two attached hydrogens (primary N) is 1. The van der Waals surface area contributed by atoms with E-state index in [4.69, 9.17) is 10.8 Å². The van der Waals surface area contributed by atoms with Crippen molar-refractivity contribution in [3.05, 3.63) is 35.4 Å². The van der Waals surface area contributed by atoms with Gasteiger partial charge in [0.2, 0.25) is 0 Å². The van der Waals surface area contributed by atoms with Gasteiger partial charge in [-0.15, -0.1) is 0 Å². The average molecular weight is 205 g/mol. The van der Waals surface area contributed by atoms with Gasteiger partial charge in [0.25, 0.3) is 0 Å². The summed E-state index contributed by atoms with van der Waals surface area (Å²) < 4.78 is 0. The first-order chi connectivity index (χ1) is 7.11. The van der Waals surface area contributed by atoms with Crippen molar-refractivity contribution in [3.8, 4) is 0 Å². The van der Waals surface area contributed by atoms with Crippen LogP contribution in [-0.2, 0) is 6.42 Å². The van der Waals surface area contributed by atoms with Gasteiger partial charge in [-0.1, -0.05) is 24.3 Å². The number of hydrogen-bond acceptors (Lipinski definition) is 2. The lowest BCUT2D eigenvalue weighted by Gasteiger charge is -2.21. The summed E-state index contributed by atoms with van der Waals surface area (Å²) in [5.41, 5.74) is 8.11. The zero-order chi connectivity index (χ0) is 10.9. The molecule has 1 aliphatic rings. The summed E-state index contributed by atoms with van der Waals surface area (Å²) >= 11 is 0. The van der Waals surface area contributed by atoms with E-state index in [2.05, 4.69) is 24.3 Å². The molecule has 1 atom stereocenters. The summed E-state index contributed by atoms with van der Waals surface area (Å²) in [6.07, 6.45) is 3.39. The minimum absolute atomic E-state index is 0.0284. The highest BCUT2D eigenvalue weighted by Crippen LogP contribution is 2.40. The van der Waals surface area contributed by atoms with Gasteiger partial charge < -0.3 is 10.8 Å². The van der Waals surface area contributed by atoms with Crippen molar-refractivity contribution in [2.75, 3.05) is 6.61 Å². The SMILES string of the molecule is CC(N)(CO)Cc1cccc(C2CC2)c1. The third kappa shape index (κ3) is 2.80. The Labute approximate surface area is 91.1 Å². The Morgan fingerprint density at radius 2 is 2.20 bits per heavy atom. The van der Waals surface area contributed by atoms with Crippen LogP contribution in [0.1, 0.15) is 36.8 Å². The fourth-order valence-electron chi connectivity index (χ4n) is 1.90. The highest BCUT2D eigenvalue weighted by Gasteiger charge is 2.24. The van der Waals surface area contributed by atoms with E-state index in [-0.39, 0.29) is 6.61 Å². The lowest BCUT2D eigenvalue weighted by Crippen LogP contribution is -2.42. The summed E-state index contributed by atoms with van der Waals surface area (Å²) in [7, 11) is 0. The van der Waals surface area contributed by atoms with Crippen LogP contribution in [0, 0.1) is 0 Å². The van der Waals surface area contributed by atoms with Crippen LogP contribution in [0.5, 0.6) is 0 Å². The van der Waals surface area contributed by atoms with Crippen molar-refractivity contribution < 1.29 is 5.11 Å². The molecule has 82 valence electrons. The molecule has 0 spiro atoms. The average Bonchev–Trinajstić information content (AvgIpc) is 3.01. The van der Waals surface area contributed by atoms with E-state index < -0.39 is 5.54 Å². The van der Waals surface area contributed by atoms with E-state index in [0.717, 1.165) is 12.3 Å². The summed E-state index contributed by atoms with van der Waals surface area (Å²) in [4.78, 5) is 0. The second-order valence-corrected chi connectivity index (χ2v) is 5.01. The van der Waals surface area contributed by atoms with Crippen molar-refractivity contribution in [2.45, 2.75) is 37.6 Å². The van der Waals surface area contributed by atoms with Crippen molar-refractivity contribution >= 4 is 0 Å². The van der Waals surface area contributed by atoms with Gasteiger partial charge in [0, 0.05) is 5.54 Å². The van der Waals surface area contributed by atoms with Crippen LogP contribution in [0.4, 0.5) is 0 Å². The van der Waals surface area contributed by atoms with Gasteiger partial charge in [-0.3, -0.25) is 0 Å². The van der Waals surface area contributed by atoms with E-state index >= 15 is 0 Å². The predicted molar refractivity (Wildman–Crippen MR) is 61.8 cm³/mol. The predicted octanol–water partition coefficient (Wildman–Crippen LogP) is 1.82.